The Morgan fingerprint density at radius 1 is 1.15 bits per heavy atom. The first-order valence-corrected chi connectivity index (χ1v) is 5.88. The molecule has 0 aliphatic rings. The van der Waals surface area contributed by atoms with Crippen LogP contribution in [0.15, 0.2) is 42.7 Å². The van der Waals surface area contributed by atoms with Crippen molar-refractivity contribution < 1.29 is 17.9 Å². The Bertz CT molecular complexity index is 582. The Balaban J connectivity index is 2.20. The molecule has 1 aromatic carbocycles. The van der Waals surface area contributed by atoms with E-state index in [2.05, 4.69) is 9.72 Å². The predicted molar refractivity (Wildman–Crippen MR) is 68.1 cm³/mol. The summed E-state index contributed by atoms with van der Waals surface area (Å²) in [5.74, 6) is -0.267. The third-order valence-electron chi connectivity index (χ3n) is 2.89. The van der Waals surface area contributed by atoms with Crippen molar-refractivity contribution in [2.45, 2.75) is 19.3 Å². The van der Waals surface area contributed by atoms with Crippen molar-refractivity contribution in [2.24, 2.45) is 5.73 Å². The molecule has 1 heterocycles. The van der Waals surface area contributed by atoms with Crippen LogP contribution in [0.4, 0.5) is 13.2 Å². The molecule has 20 heavy (non-hydrogen) atoms. The number of halogens is 3. The van der Waals surface area contributed by atoms with Crippen molar-refractivity contribution in [2.75, 3.05) is 0 Å². The van der Waals surface area contributed by atoms with Gasteiger partial charge in [-0.15, -0.1) is 13.2 Å². The number of ether oxygens (including phenoxy) is 1. The lowest BCUT2D eigenvalue weighted by Crippen LogP contribution is -2.17. The second kappa shape index (κ2) is 5.50. The Kier molecular flexibility index (Phi) is 3.94. The lowest BCUT2D eigenvalue weighted by molar-refractivity contribution is -0.274. The summed E-state index contributed by atoms with van der Waals surface area (Å²) >= 11 is 0. The van der Waals surface area contributed by atoms with E-state index in [1.807, 2.05) is 13.0 Å². The van der Waals surface area contributed by atoms with E-state index >= 15 is 0 Å². The van der Waals surface area contributed by atoms with Gasteiger partial charge in [0.2, 0.25) is 0 Å². The van der Waals surface area contributed by atoms with Crippen LogP contribution in [0.5, 0.6) is 5.75 Å². The largest absolute Gasteiger partial charge is 0.573 e. The zero-order valence-corrected chi connectivity index (χ0v) is 10.7. The zero-order valence-electron chi connectivity index (χ0n) is 10.7. The lowest BCUT2D eigenvalue weighted by Gasteiger charge is -2.15. The van der Waals surface area contributed by atoms with Gasteiger partial charge in [0.25, 0.3) is 0 Å². The van der Waals surface area contributed by atoms with Crippen LogP contribution in [0.3, 0.4) is 0 Å². The number of nitrogens with zero attached hydrogens (tertiary/aromatic N) is 1. The Morgan fingerprint density at radius 3 is 2.35 bits per heavy atom. The summed E-state index contributed by atoms with van der Waals surface area (Å²) in [6, 6.07) is 6.90. The van der Waals surface area contributed by atoms with Crippen LogP contribution in [0.1, 0.15) is 22.7 Å². The fraction of sp³-hybridized carbons (Fsp3) is 0.214. The molecule has 2 rings (SSSR count). The van der Waals surface area contributed by atoms with Crippen LogP contribution in [0.2, 0.25) is 0 Å². The van der Waals surface area contributed by atoms with E-state index in [-0.39, 0.29) is 5.75 Å². The summed E-state index contributed by atoms with van der Waals surface area (Å²) in [5.41, 5.74) is 8.59. The van der Waals surface area contributed by atoms with Crippen molar-refractivity contribution in [1.82, 2.24) is 4.98 Å². The van der Waals surface area contributed by atoms with Gasteiger partial charge < -0.3 is 10.5 Å². The minimum atomic E-state index is -4.69. The van der Waals surface area contributed by atoms with Gasteiger partial charge in [-0.05, 0) is 41.8 Å². The smallest absolute Gasteiger partial charge is 0.406 e. The van der Waals surface area contributed by atoms with E-state index in [4.69, 9.17) is 5.73 Å². The van der Waals surface area contributed by atoms with Gasteiger partial charge >= 0.3 is 6.36 Å². The summed E-state index contributed by atoms with van der Waals surface area (Å²) in [7, 11) is 0. The average Bonchev–Trinajstić information content (AvgIpc) is 2.37. The van der Waals surface area contributed by atoms with Gasteiger partial charge in [-0.1, -0.05) is 12.1 Å². The highest BCUT2D eigenvalue weighted by Crippen LogP contribution is 2.26. The average molecular weight is 282 g/mol. The normalized spacial score (nSPS) is 13.1. The molecular formula is C14H13F3N2O. The molecule has 0 spiro atoms. The van der Waals surface area contributed by atoms with Crippen LogP contribution in [-0.2, 0) is 0 Å². The maximum absolute atomic E-state index is 12.1. The van der Waals surface area contributed by atoms with E-state index in [0.717, 1.165) is 11.1 Å². The highest BCUT2D eigenvalue weighted by Gasteiger charge is 2.31. The summed E-state index contributed by atoms with van der Waals surface area (Å²) < 4.78 is 40.0. The van der Waals surface area contributed by atoms with Gasteiger partial charge in [-0.25, -0.2) is 0 Å². The second-order valence-electron chi connectivity index (χ2n) is 4.33. The highest BCUT2D eigenvalue weighted by atomic mass is 19.4. The van der Waals surface area contributed by atoms with Gasteiger partial charge in [0.05, 0.1) is 6.04 Å². The Labute approximate surface area is 114 Å². The third kappa shape index (κ3) is 3.48. The molecule has 2 aromatic rings. The first-order valence-electron chi connectivity index (χ1n) is 5.88. The summed E-state index contributed by atoms with van der Waals surface area (Å²) in [5, 5.41) is 0. The molecule has 0 radical (unpaired) electrons. The van der Waals surface area contributed by atoms with E-state index in [1.165, 1.54) is 24.3 Å². The third-order valence-corrected chi connectivity index (χ3v) is 2.89. The molecule has 0 bridgehead atoms. The molecule has 0 fully saturated rings. The molecule has 1 unspecified atom stereocenters. The molecule has 0 saturated carbocycles. The molecular weight excluding hydrogens is 269 g/mol. The number of hydrogen-bond acceptors (Lipinski definition) is 3. The molecule has 1 atom stereocenters. The van der Waals surface area contributed by atoms with Crippen molar-refractivity contribution in [3.8, 4) is 5.75 Å². The SMILES string of the molecule is Cc1ccncc1C(N)c1ccc(OC(F)(F)F)cc1. The second-order valence-corrected chi connectivity index (χ2v) is 4.33. The van der Waals surface area contributed by atoms with E-state index in [1.54, 1.807) is 12.4 Å². The standard InChI is InChI=1S/C14H13F3N2O/c1-9-6-7-19-8-12(9)13(18)10-2-4-11(5-3-10)20-14(15,16)17/h2-8,13H,18H2,1H3. The minimum absolute atomic E-state index is 0.267. The number of nitrogens with two attached hydrogens (primary N) is 1. The topological polar surface area (TPSA) is 48.1 Å². The van der Waals surface area contributed by atoms with Crippen LogP contribution in [-0.4, -0.2) is 11.3 Å². The monoisotopic (exact) mass is 282 g/mol. The van der Waals surface area contributed by atoms with E-state index < -0.39 is 12.4 Å². The number of alkyl halides is 3. The van der Waals surface area contributed by atoms with Crippen molar-refractivity contribution in [3.63, 3.8) is 0 Å². The zero-order chi connectivity index (χ0) is 14.8. The molecule has 3 nitrogen and oxygen atoms in total. The number of aromatic nitrogens is 1. The first-order chi connectivity index (χ1) is 9.37. The number of benzene rings is 1. The molecule has 0 saturated heterocycles. The highest BCUT2D eigenvalue weighted by molar-refractivity contribution is 5.37. The molecule has 0 amide bonds. The first kappa shape index (κ1) is 14.3. The molecule has 1 aromatic heterocycles. The maximum atomic E-state index is 12.1. The van der Waals surface area contributed by atoms with Crippen LogP contribution in [0, 0.1) is 6.92 Å². The summed E-state index contributed by atoms with van der Waals surface area (Å²) in [6.45, 7) is 1.90. The van der Waals surface area contributed by atoms with Gasteiger partial charge in [-0.2, -0.15) is 0 Å². The van der Waals surface area contributed by atoms with Gasteiger partial charge in [-0.3, -0.25) is 4.98 Å². The van der Waals surface area contributed by atoms with Gasteiger partial charge in [0.1, 0.15) is 5.75 Å². The van der Waals surface area contributed by atoms with Crippen LogP contribution >= 0.6 is 0 Å². The lowest BCUT2D eigenvalue weighted by atomic mass is 9.98. The molecule has 6 heteroatoms. The van der Waals surface area contributed by atoms with E-state index in [9.17, 15) is 13.2 Å². The molecule has 0 aliphatic carbocycles. The number of rotatable bonds is 3. The summed E-state index contributed by atoms with van der Waals surface area (Å²) in [6.07, 6.45) is -1.38. The quantitative estimate of drug-likeness (QED) is 0.939. The molecule has 106 valence electrons. The fourth-order valence-corrected chi connectivity index (χ4v) is 1.86. The van der Waals surface area contributed by atoms with Crippen molar-refractivity contribution >= 4 is 0 Å². The number of aryl methyl sites for hydroxylation is 1. The number of pyridine rings is 1. The van der Waals surface area contributed by atoms with Crippen molar-refractivity contribution in [3.05, 3.63) is 59.4 Å². The van der Waals surface area contributed by atoms with Gasteiger partial charge in [0.15, 0.2) is 0 Å². The molecule has 0 aliphatic heterocycles. The summed E-state index contributed by atoms with van der Waals surface area (Å²) in [4.78, 5) is 4.00. The number of hydrogen-bond donors (Lipinski definition) is 1. The van der Waals surface area contributed by atoms with Crippen molar-refractivity contribution in [1.29, 1.82) is 0 Å². The molecule has 2 N–H and O–H groups in total. The Morgan fingerprint density at radius 2 is 1.80 bits per heavy atom. The Hall–Kier alpha value is -2.08. The minimum Gasteiger partial charge on any atom is -0.406 e. The van der Waals surface area contributed by atoms with Gasteiger partial charge in [0, 0.05) is 12.4 Å². The maximum Gasteiger partial charge on any atom is 0.573 e. The van der Waals surface area contributed by atoms with E-state index in [0.29, 0.717) is 5.56 Å². The fourth-order valence-electron chi connectivity index (χ4n) is 1.86. The van der Waals surface area contributed by atoms with Crippen LogP contribution < -0.4 is 10.5 Å². The predicted octanol–water partition coefficient (Wildman–Crippen LogP) is 3.34. The van der Waals surface area contributed by atoms with Crippen LogP contribution in [0.25, 0.3) is 0 Å².